The number of benzene rings is 2. The van der Waals surface area contributed by atoms with Gasteiger partial charge in [-0.25, -0.2) is 0 Å². The number of nitrogens with zero attached hydrogens (tertiary/aromatic N) is 1. The van der Waals surface area contributed by atoms with Crippen molar-refractivity contribution in [3.8, 4) is 6.07 Å². The number of hydrogen-bond acceptors (Lipinski definition) is 2. The Bertz CT molecular complexity index is 697. The minimum absolute atomic E-state index is 0.590. The van der Waals surface area contributed by atoms with Gasteiger partial charge in [0.15, 0.2) is 5.54 Å². The molecule has 2 aromatic carbocycles. The maximum absolute atomic E-state index is 9.79. The van der Waals surface area contributed by atoms with Crippen LogP contribution in [-0.4, -0.2) is 0 Å². The number of hydrogen-bond donors (Lipinski definition) is 1. The van der Waals surface area contributed by atoms with Crippen molar-refractivity contribution in [3.05, 3.63) is 64.7 Å². The van der Waals surface area contributed by atoms with Gasteiger partial charge in [0.05, 0.1) is 6.07 Å². The summed E-state index contributed by atoms with van der Waals surface area (Å²) in [5.41, 5.74) is 5.26. The van der Waals surface area contributed by atoms with Crippen LogP contribution < -0.4 is 5.32 Å². The SMILES string of the molecule is Cc1ccc2c(c1)C(C#N)(Nc1ccccc1C)CC2. The molecular weight excluding hydrogens is 244 g/mol. The van der Waals surface area contributed by atoms with E-state index < -0.39 is 5.54 Å². The summed E-state index contributed by atoms with van der Waals surface area (Å²) in [6.07, 6.45) is 1.79. The summed E-state index contributed by atoms with van der Waals surface area (Å²) in [7, 11) is 0. The van der Waals surface area contributed by atoms with Crippen LogP contribution in [0.15, 0.2) is 42.5 Å². The standard InChI is InChI=1S/C18H18N2/c1-13-7-8-15-9-10-18(12-19,16(15)11-13)20-17-6-4-3-5-14(17)2/h3-8,11,20H,9-10H2,1-2H3. The Morgan fingerprint density at radius 3 is 2.70 bits per heavy atom. The first-order valence-electron chi connectivity index (χ1n) is 7.00. The van der Waals surface area contributed by atoms with Crippen molar-refractivity contribution >= 4 is 5.69 Å². The van der Waals surface area contributed by atoms with Gasteiger partial charge in [-0.05, 0) is 49.4 Å². The highest BCUT2D eigenvalue weighted by Crippen LogP contribution is 2.40. The average Bonchev–Trinajstić information content (AvgIpc) is 2.80. The van der Waals surface area contributed by atoms with Gasteiger partial charge in [0, 0.05) is 5.69 Å². The van der Waals surface area contributed by atoms with Gasteiger partial charge in [0.2, 0.25) is 0 Å². The zero-order valence-corrected chi connectivity index (χ0v) is 11.9. The van der Waals surface area contributed by atoms with E-state index in [1.54, 1.807) is 0 Å². The molecule has 0 aliphatic heterocycles. The van der Waals surface area contributed by atoms with E-state index in [1.165, 1.54) is 16.7 Å². The molecule has 0 heterocycles. The lowest BCUT2D eigenvalue weighted by atomic mass is 9.91. The monoisotopic (exact) mass is 262 g/mol. The largest absolute Gasteiger partial charge is 0.363 e. The molecular formula is C18H18N2. The third kappa shape index (κ3) is 1.96. The normalized spacial score (nSPS) is 20.2. The molecule has 0 aromatic heterocycles. The van der Waals surface area contributed by atoms with Crippen molar-refractivity contribution in [1.29, 1.82) is 5.26 Å². The highest BCUT2D eigenvalue weighted by molar-refractivity contribution is 5.58. The third-order valence-corrected chi connectivity index (χ3v) is 4.18. The highest BCUT2D eigenvalue weighted by atomic mass is 15.0. The van der Waals surface area contributed by atoms with Gasteiger partial charge in [-0.3, -0.25) is 0 Å². The molecule has 2 heteroatoms. The van der Waals surface area contributed by atoms with E-state index in [2.05, 4.69) is 49.5 Å². The molecule has 0 spiro atoms. The molecule has 1 atom stereocenters. The molecule has 1 aliphatic rings. The Morgan fingerprint density at radius 1 is 1.15 bits per heavy atom. The van der Waals surface area contributed by atoms with Crippen LogP contribution in [0.5, 0.6) is 0 Å². The Balaban J connectivity index is 2.06. The van der Waals surface area contributed by atoms with Crippen LogP contribution in [0.1, 0.15) is 28.7 Å². The lowest BCUT2D eigenvalue weighted by molar-refractivity contribution is 0.620. The molecule has 100 valence electrons. The molecule has 1 N–H and O–H groups in total. The molecule has 1 aliphatic carbocycles. The maximum Gasteiger partial charge on any atom is 0.151 e. The molecule has 2 aromatic rings. The zero-order valence-electron chi connectivity index (χ0n) is 11.9. The fourth-order valence-corrected chi connectivity index (χ4v) is 2.98. The van der Waals surface area contributed by atoms with Gasteiger partial charge in [-0.15, -0.1) is 0 Å². The summed E-state index contributed by atoms with van der Waals surface area (Å²) < 4.78 is 0. The van der Waals surface area contributed by atoms with E-state index in [-0.39, 0.29) is 0 Å². The predicted molar refractivity (Wildman–Crippen MR) is 81.6 cm³/mol. The van der Waals surface area contributed by atoms with Gasteiger partial charge < -0.3 is 5.32 Å². The van der Waals surface area contributed by atoms with E-state index >= 15 is 0 Å². The number of aryl methyl sites for hydroxylation is 3. The molecule has 0 saturated carbocycles. The molecule has 2 nitrogen and oxygen atoms in total. The first-order chi connectivity index (χ1) is 9.64. The number of para-hydroxylation sites is 1. The summed E-state index contributed by atoms with van der Waals surface area (Å²) in [5.74, 6) is 0. The molecule has 0 fully saturated rings. The first-order valence-corrected chi connectivity index (χ1v) is 7.00. The van der Waals surface area contributed by atoms with Crippen LogP contribution >= 0.6 is 0 Å². The lowest BCUT2D eigenvalue weighted by Gasteiger charge is -2.26. The number of anilines is 1. The van der Waals surface area contributed by atoms with Crippen molar-refractivity contribution in [2.24, 2.45) is 0 Å². The van der Waals surface area contributed by atoms with E-state index in [0.717, 1.165) is 24.1 Å². The van der Waals surface area contributed by atoms with Crippen LogP contribution in [0.25, 0.3) is 0 Å². The summed E-state index contributed by atoms with van der Waals surface area (Å²) >= 11 is 0. The Labute approximate surface area is 120 Å². The Hall–Kier alpha value is -2.27. The van der Waals surface area contributed by atoms with Crippen LogP contribution in [0.2, 0.25) is 0 Å². The van der Waals surface area contributed by atoms with Crippen LogP contribution in [0.4, 0.5) is 5.69 Å². The number of fused-ring (bicyclic) bond motifs is 1. The van der Waals surface area contributed by atoms with Gasteiger partial charge in [0.1, 0.15) is 0 Å². The van der Waals surface area contributed by atoms with E-state index in [9.17, 15) is 5.26 Å². The van der Waals surface area contributed by atoms with E-state index in [0.29, 0.717) is 0 Å². The fraction of sp³-hybridized carbons (Fsp3) is 0.278. The number of nitrogens with one attached hydrogen (secondary N) is 1. The second-order valence-corrected chi connectivity index (χ2v) is 5.62. The minimum atomic E-state index is -0.590. The zero-order chi connectivity index (χ0) is 14.2. The van der Waals surface area contributed by atoms with Gasteiger partial charge in [-0.2, -0.15) is 5.26 Å². The fourth-order valence-electron chi connectivity index (χ4n) is 2.98. The smallest absolute Gasteiger partial charge is 0.151 e. The Morgan fingerprint density at radius 2 is 1.95 bits per heavy atom. The first kappa shape index (κ1) is 12.7. The molecule has 20 heavy (non-hydrogen) atoms. The summed E-state index contributed by atoms with van der Waals surface area (Å²) in [6.45, 7) is 4.15. The summed E-state index contributed by atoms with van der Waals surface area (Å²) in [4.78, 5) is 0. The van der Waals surface area contributed by atoms with Crippen LogP contribution in [-0.2, 0) is 12.0 Å². The van der Waals surface area contributed by atoms with Crippen molar-refractivity contribution in [1.82, 2.24) is 0 Å². The maximum atomic E-state index is 9.79. The minimum Gasteiger partial charge on any atom is -0.363 e. The van der Waals surface area contributed by atoms with Gasteiger partial charge >= 0.3 is 0 Å². The van der Waals surface area contributed by atoms with Crippen LogP contribution in [0.3, 0.4) is 0 Å². The van der Waals surface area contributed by atoms with Crippen LogP contribution in [0, 0.1) is 25.2 Å². The summed E-state index contributed by atoms with van der Waals surface area (Å²) in [5, 5.41) is 13.3. The van der Waals surface area contributed by atoms with E-state index in [1.807, 2.05) is 18.2 Å². The number of nitriles is 1. The van der Waals surface area contributed by atoms with Crippen molar-refractivity contribution in [2.75, 3.05) is 5.32 Å². The molecule has 0 amide bonds. The van der Waals surface area contributed by atoms with Crippen molar-refractivity contribution in [2.45, 2.75) is 32.2 Å². The molecule has 0 saturated heterocycles. The second-order valence-electron chi connectivity index (χ2n) is 5.62. The predicted octanol–water partition coefficient (Wildman–Crippen LogP) is 4.08. The number of rotatable bonds is 2. The topological polar surface area (TPSA) is 35.8 Å². The van der Waals surface area contributed by atoms with E-state index in [4.69, 9.17) is 0 Å². The van der Waals surface area contributed by atoms with Crippen molar-refractivity contribution in [3.63, 3.8) is 0 Å². The van der Waals surface area contributed by atoms with Gasteiger partial charge in [0.25, 0.3) is 0 Å². The van der Waals surface area contributed by atoms with Gasteiger partial charge in [-0.1, -0.05) is 42.0 Å². The third-order valence-electron chi connectivity index (χ3n) is 4.18. The molecule has 1 unspecified atom stereocenters. The summed E-state index contributed by atoms with van der Waals surface area (Å²) in [6, 6.07) is 17.1. The highest BCUT2D eigenvalue weighted by Gasteiger charge is 2.39. The molecule has 0 radical (unpaired) electrons. The average molecular weight is 262 g/mol. The lowest BCUT2D eigenvalue weighted by Crippen LogP contribution is -2.31. The quantitative estimate of drug-likeness (QED) is 0.885. The van der Waals surface area contributed by atoms with Crippen molar-refractivity contribution < 1.29 is 0 Å². The molecule has 0 bridgehead atoms. The molecule has 3 rings (SSSR count). The second kappa shape index (κ2) is 4.68. The Kier molecular flexibility index (Phi) is 2.99.